The SMILES string of the molecule is COc1cc2ncnc(N(N=O)c3ccc(F)c(Cl)c3)c2cc1OCCCN1CCOCC1. The Bertz CT molecular complexity index is 1130. The third-order valence-electron chi connectivity index (χ3n) is 5.31. The van der Waals surface area contributed by atoms with Crippen LogP contribution in [0.15, 0.2) is 41.9 Å². The maximum atomic E-state index is 13.6. The van der Waals surface area contributed by atoms with Gasteiger partial charge in [0.1, 0.15) is 12.1 Å². The number of hydrogen-bond acceptors (Lipinski definition) is 8. The van der Waals surface area contributed by atoms with E-state index in [2.05, 4.69) is 20.2 Å². The Kier molecular flexibility index (Phi) is 7.48. The van der Waals surface area contributed by atoms with Gasteiger partial charge in [-0.1, -0.05) is 11.6 Å². The van der Waals surface area contributed by atoms with Crippen molar-refractivity contribution in [3.63, 3.8) is 0 Å². The van der Waals surface area contributed by atoms with Crippen molar-refractivity contribution in [1.82, 2.24) is 14.9 Å². The normalized spacial score (nSPS) is 14.3. The van der Waals surface area contributed by atoms with Crippen LogP contribution in [0.5, 0.6) is 11.5 Å². The summed E-state index contributed by atoms with van der Waals surface area (Å²) in [6.45, 7) is 4.72. The van der Waals surface area contributed by atoms with Crippen LogP contribution in [-0.2, 0) is 4.74 Å². The third-order valence-corrected chi connectivity index (χ3v) is 5.60. The van der Waals surface area contributed by atoms with Crippen LogP contribution in [0.2, 0.25) is 5.02 Å². The zero-order chi connectivity index (χ0) is 23.2. The van der Waals surface area contributed by atoms with E-state index in [4.69, 9.17) is 25.8 Å². The van der Waals surface area contributed by atoms with E-state index in [0.29, 0.717) is 29.0 Å². The average Bonchev–Trinajstić information content (AvgIpc) is 2.84. The minimum atomic E-state index is -0.601. The minimum Gasteiger partial charge on any atom is -0.493 e. The van der Waals surface area contributed by atoms with Gasteiger partial charge in [-0.05, 0) is 30.7 Å². The molecule has 1 aromatic heterocycles. The largest absolute Gasteiger partial charge is 0.493 e. The second-order valence-electron chi connectivity index (χ2n) is 7.37. The molecule has 0 atom stereocenters. The summed E-state index contributed by atoms with van der Waals surface area (Å²) in [5.41, 5.74) is 0.791. The monoisotopic (exact) mass is 475 g/mol. The Morgan fingerprint density at radius 1 is 1.21 bits per heavy atom. The molecule has 0 amide bonds. The van der Waals surface area contributed by atoms with Crippen molar-refractivity contribution < 1.29 is 18.6 Å². The summed E-state index contributed by atoms with van der Waals surface area (Å²) in [5, 5.41) is 4.49. The van der Waals surface area contributed by atoms with Crippen molar-refractivity contribution in [2.45, 2.75) is 6.42 Å². The lowest BCUT2D eigenvalue weighted by molar-refractivity contribution is 0.0357. The van der Waals surface area contributed by atoms with Gasteiger partial charge in [0.15, 0.2) is 17.3 Å². The Hall–Kier alpha value is -3.08. The lowest BCUT2D eigenvalue weighted by Gasteiger charge is -2.26. The summed E-state index contributed by atoms with van der Waals surface area (Å²) >= 11 is 5.89. The maximum absolute atomic E-state index is 13.6. The molecule has 1 fully saturated rings. The Balaban J connectivity index is 1.59. The zero-order valence-electron chi connectivity index (χ0n) is 18.0. The molecule has 3 aromatic rings. The summed E-state index contributed by atoms with van der Waals surface area (Å²) in [4.78, 5) is 22.6. The summed E-state index contributed by atoms with van der Waals surface area (Å²) < 4.78 is 30.4. The van der Waals surface area contributed by atoms with Crippen molar-refractivity contribution in [1.29, 1.82) is 0 Å². The number of nitrogens with zero attached hydrogens (tertiary/aromatic N) is 5. The number of nitroso groups, excluding NO2 is 1. The van der Waals surface area contributed by atoms with Crippen LogP contribution >= 0.6 is 11.6 Å². The number of rotatable bonds is 9. The second-order valence-corrected chi connectivity index (χ2v) is 7.77. The zero-order valence-corrected chi connectivity index (χ0v) is 18.8. The van der Waals surface area contributed by atoms with Crippen molar-refractivity contribution >= 4 is 34.0 Å². The molecule has 33 heavy (non-hydrogen) atoms. The summed E-state index contributed by atoms with van der Waals surface area (Å²) in [7, 11) is 1.55. The highest BCUT2D eigenvalue weighted by Crippen LogP contribution is 2.37. The highest BCUT2D eigenvalue weighted by Gasteiger charge is 2.19. The van der Waals surface area contributed by atoms with Gasteiger partial charge < -0.3 is 14.2 Å². The molecule has 0 bridgehead atoms. The molecule has 1 aliphatic heterocycles. The summed E-state index contributed by atoms with van der Waals surface area (Å²) in [6, 6.07) is 7.27. The Morgan fingerprint density at radius 3 is 2.76 bits per heavy atom. The Labute approximate surface area is 195 Å². The highest BCUT2D eigenvalue weighted by atomic mass is 35.5. The molecule has 0 radical (unpaired) electrons. The number of aromatic nitrogens is 2. The molecule has 11 heteroatoms. The van der Waals surface area contributed by atoms with Crippen molar-refractivity contribution in [2.24, 2.45) is 5.29 Å². The predicted octanol–water partition coefficient (Wildman–Crippen LogP) is 4.35. The molecule has 0 aliphatic carbocycles. The van der Waals surface area contributed by atoms with Crippen LogP contribution in [0.25, 0.3) is 10.9 Å². The van der Waals surface area contributed by atoms with Crippen LogP contribution in [0, 0.1) is 10.7 Å². The van der Waals surface area contributed by atoms with Crippen LogP contribution in [0.1, 0.15) is 6.42 Å². The van der Waals surface area contributed by atoms with E-state index >= 15 is 0 Å². The van der Waals surface area contributed by atoms with Gasteiger partial charge >= 0.3 is 0 Å². The smallest absolute Gasteiger partial charge is 0.168 e. The van der Waals surface area contributed by atoms with E-state index in [1.54, 1.807) is 19.2 Å². The lowest BCUT2D eigenvalue weighted by atomic mass is 10.2. The van der Waals surface area contributed by atoms with E-state index in [1.807, 2.05) is 0 Å². The first-order chi connectivity index (χ1) is 16.1. The molecular formula is C22H23ClFN5O4. The van der Waals surface area contributed by atoms with Crippen LogP contribution in [0.4, 0.5) is 15.9 Å². The van der Waals surface area contributed by atoms with E-state index in [0.717, 1.165) is 50.3 Å². The van der Waals surface area contributed by atoms with E-state index in [9.17, 15) is 9.30 Å². The highest BCUT2D eigenvalue weighted by molar-refractivity contribution is 6.31. The summed E-state index contributed by atoms with van der Waals surface area (Å²) in [6.07, 6.45) is 2.14. The van der Waals surface area contributed by atoms with Gasteiger partial charge in [-0.2, -0.15) is 5.01 Å². The number of benzene rings is 2. The van der Waals surface area contributed by atoms with Crippen LogP contribution in [0.3, 0.4) is 0 Å². The molecule has 1 aliphatic rings. The number of hydrogen-bond donors (Lipinski definition) is 0. The topological polar surface area (TPSA) is 89.4 Å². The number of methoxy groups -OCH3 is 1. The fraction of sp³-hybridized carbons (Fsp3) is 0.364. The quantitative estimate of drug-likeness (QED) is 0.256. The first-order valence-corrected chi connectivity index (χ1v) is 10.8. The number of morpholine rings is 1. The van der Waals surface area contributed by atoms with E-state index in [-0.39, 0.29) is 16.5 Å². The number of fused-ring (bicyclic) bond motifs is 1. The van der Waals surface area contributed by atoms with E-state index < -0.39 is 5.82 Å². The fourth-order valence-corrected chi connectivity index (χ4v) is 3.79. The Morgan fingerprint density at radius 2 is 2.03 bits per heavy atom. The van der Waals surface area contributed by atoms with Gasteiger partial charge in [0, 0.05) is 31.1 Å². The number of halogens is 2. The number of anilines is 2. The first kappa shape index (κ1) is 23.1. The molecular weight excluding hydrogens is 453 g/mol. The second kappa shape index (κ2) is 10.7. The fourth-order valence-electron chi connectivity index (χ4n) is 3.61. The van der Waals surface area contributed by atoms with Gasteiger partial charge in [-0.3, -0.25) is 4.90 Å². The molecule has 0 spiro atoms. The molecule has 2 aromatic carbocycles. The molecule has 0 unspecified atom stereocenters. The molecule has 174 valence electrons. The first-order valence-electron chi connectivity index (χ1n) is 10.4. The van der Waals surface area contributed by atoms with Crippen LogP contribution < -0.4 is 14.5 Å². The lowest BCUT2D eigenvalue weighted by Crippen LogP contribution is -2.37. The van der Waals surface area contributed by atoms with Crippen molar-refractivity contribution in [3.8, 4) is 11.5 Å². The van der Waals surface area contributed by atoms with Crippen LogP contribution in [-0.4, -0.2) is 61.4 Å². The molecule has 1 saturated heterocycles. The van der Waals surface area contributed by atoms with Gasteiger partial charge in [0.2, 0.25) is 0 Å². The van der Waals surface area contributed by atoms with Gasteiger partial charge in [-0.15, -0.1) is 4.91 Å². The summed E-state index contributed by atoms with van der Waals surface area (Å²) in [5.74, 6) is 0.606. The minimum absolute atomic E-state index is 0.134. The van der Waals surface area contributed by atoms with Gasteiger partial charge in [0.05, 0.1) is 48.4 Å². The third kappa shape index (κ3) is 5.29. The van der Waals surface area contributed by atoms with Crippen molar-refractivity contribution in [3.05, 3.63) is 52.4 Å². The van der Waals surface area contributed by atoms with E-state index in [1.165, 1.54) is 18.5 Å². The number of ether oxygens (including phenoxy) is 3. The van der Waals surface area contributed by atoms with Gasteiger partial charge in [-0.25, -0.2) is 14.4 Å². The maximum Gasteiger partial charge on any atom is 0.168 e. The molecule has 2 heterocycles. The average molecular weight is 476 g/mol. The predicted molar refractivity (Wildman–Crippen MR) is 123 cm³/mol. The molecule has 4 rings (SSSR count). The molecule has 0 saturated carbocycles. The molecule has 9 nitrogen and oxygen atoms in total. The van der Waals surface area contributed by atoms with Crippen molar-refractivity contribution in [2.75, 3.05) is 51.6 Å². The standard InChI is InChI=1S/C22H23ClFN5O4/c1-31-20-13-19-16(12-21(20)33-8-2-5-28-6-9-32-10-7-28)22(26-14-25-19)29(27-30)15-3-4-18(24)17(23)11-15/h3-4,11-14H,2,5-10H2,1H3. The van der Waals surface area contributed by atoms with Gasteiger partial charge in [0.25, 0.3) is 0 Å². The molecule has 0 N–H and O–H groups in total.